The van der Waals surface area contributed by atoms with Gasteiger partial charge in [-0.05, 0) is 49.9 Å². The highest BCUT2D eigenvalue weighted by Crippen LogP contribution is 2.66. The number of rotatable bonds is 2. The Labute approximate surface area is 101 Å². The van der Waals surface area contributed by atoms with Crippen molar-refractivity contribution in [3.05, 3.63) is 11.8 Å². The standard InChI is InChI=1S/C13H18N4/c1-6-5-15-13(14)17-12(6)16-11-9-7-2-3-8(4-7)10(9)11/h5,7-11H,2-4H2,1H3,(H3,14,15,16,17). The van der Waals surface area contributed by atoms with Gasteiger partial charge in [0.05, 0.1) is 0 Å². The molecule has 2 bridgehead atoms. The summed E-state index contributed by atoms with van der Waals surface area (Å²) < 4.78 is 0. The zero-order valence-electron chi connectivity index (χ0n) is 10.1. The average Bonchev–Trinajstić information content (AvgIpc) is 2.72. The van der Waals surface area contributed by atoms with Gasteiger partial charge in [0.2, 0.25) is 5.95 Å². The molecule has 0 amide bonds. The summed E-state index contributed by atoms with van der Waals surface area (Å²) in [6.45, 7) is 2.04. The first-order chi connectivity index (χ1) is 8.24. The van der Waals surface area contributed by atoms with Crippen LogP contribution in [0.15, 0.2) is 6.20 Å². The van der Waals surface area contributed by atoms with Crippen LogP contribution in [0.5, 0.6) is 0 Å². The first-order valence-corrected chi connectivity index (χ1v) is 6.59. The van der Waals surface area contributed by atoms with Crippen molar-refractivity contribution < 1.29 is 0 Å². The number of aromatic nitrogens is 2. The maximum atomic E-state index is 5.64. The predicted molar refractivity (Wildman–Crippen MR) is 66.4 cm³/mol. The van der Waals surface area contributed by atoms with Crippen molar-refractivity contribution >= 4 is 11.8 Å². The van der Waals surface area contributed by atoms with Crippen molar-refractivity contribution in [2.24, 2.45) is 23.7 Å². The number of aryl methyl sites for hydroxylation is 1. The lowest BCUT2D eigenvalue weighted by atomic mass is 10.0. The van der Waals surface area contributed by atoms with E-state index in [9.17, 15) is 0 Å². The van der Waals surface area contributed by atoms with Crippen LogP contribution in [0.2, 0.25) is 0 Å². The Bertz CT molecular complexity index is 456. The van der Waals surface area contributed by atoms with E-state index in [1.807, 2.05) is 6.92 Å². The second-order valence-electron chi connectivity index (χ2n) is 5.92. The normalized spacial score (nSPS) is 41.4. The third-order valence-electron chi connectivity index (χ3n) is 5.03. The molecule has 4 rings (SSSR count). The maximum absolute atomic E-state index is 5.64. The monoisotopic (exact) mass is 230 g/mol. The summed E-state index contributed by atoms with van der Waals surface area (Å²) in [5.74, 6) is 5.13. The fraction of sp³-hybridized carbons (Fsp3) is 0.692. The van der Waals surface area contributed by atoms with Crippen LogP contribution in [0.1, 0.15) is 24.8 Å². The molecule has 3 saturated carbocycles. The number of fused-ring (bicyclic) bond motifs is 5. The summed E-state index contributed by atoms with van der Waals surface area (Å²) in [7, 11) is 0. The Morgan fingerprint density at radius 3 is 2.71 bits per heavy atom. The Morgan fingerprint density at radius 2 is 2.00 bits per heavy atom. The van der Waals surface area contributed by atoms with Gasteiger partial charge in [0.25, 0.3) is 0 Å². The molecular formula is C13H18N4. The molecule has 3 aliphatic rings. The van der Waals surface area contributed by atoms with Crippen LogP contribution in [0.3, 0.4) is 0 Å². The number of anilines is 2. The van der Waals surface area contributed by atoms with Gasteiger partial charge < -0.3 is 11.1 Å². The van der Waals surface area contributed by atoms with Crippen LogP contribution >= 0.6 is 0 Å². The Hall–Kier alpha value is -1.32. The molecule has 0 radical (unpaired) electrons. The third kappa shape index (κ3) is 1.30. The number of nitrogens with one attached hydrogen (secondary N) is 1. The van der Waals surface area contributed by atoms with Gasteiger partial charge in [-0.25, -0.2) is 4.98 Å². The van der Waals surface area contributed by atoms with E-state index in [2.05, 4.69) is 15.3 Å². The van der Waals surface area contributed by atoms with E-state index in [1.165, 1.54) is 19.3 Å². The van der Waals surface area contributed by atoms with Crippen LogP contribution < -0.4 is 11.1 Å². The highest BCUT2D eigenvalue weighted by molar-refractivity contribution is 5.48. The second-order valence-corrected chi connectivity index (χ2v) is 5.92. The maximum Gasteiger partial charge on any atom is 0.221 e. The van der Waals surface area contributed by atoms with Crippen molar-refractivity contribution in [2.75, 3.05) is 11.1 Å². The lowest BCUT2D eigenvalue weighted by Gasteiger charge is -2.12. The van der Waals surface area contributed by atoms with E-state index in [0.29, 0.717) is 12.0 Å². The first-order valence-electron chi connectivity index (χ1n) is 6.59. The number of hydrogen-bond donors (Lipinski definition) is 2. The predicted octanol–water partition coefficient (Wildman–Crippen LogP) is 1.82. The van der Waals surface area contributed by atoms with Gasteiger partial charge in [-0.3, -0.25) is 0 Å². The minimum absolute atomic E-state index is 0.367. The quantitative estimate of drug-likeness (QED) is 0.813. The van der Waals surface area contributed by atoms with Gasteiger partial charge in [-0.15, -0.1) is 0 Å². The van der Waals surface area contributed by atoms with Crippen molar-refractivity contribution in [1.29, 1.82) is 0 Å². The fourth-order valence-corrected chi connectivity index (χ4v) is 4.28. The highest BCUT2D eigenvalue weighted by Gasteiger charge is 2.65. The van der Waals surface area contributed by atoms with Crippen LogP contribution in [0.25, 0.3) is 0 Å². The van der Waals surface area contributed by atoms with Crippen LogP contribution in [-0.2, 0) is 0 Å². The average molecular weight is 230 g/mol. The van der Waals surface area contributed by atoms with Gasteiger partial charge >= 0.3 is 0 Å². The molecule has 0 spiro atoms. The minimum atomic E-state index is 0.367. The summed E-state index contributed by atoms with van der Waals surface area (Å²) in [6.07, 6.45) is 6.19. The largest absolute Gasteiger partial charge is 0.368 e. The van der Waals surface area contributed by atoms with Crippen LogP contribution in [0, 0.1) is 30.6 Å². The number of nitrogen functional groups attached to an aromatic ring is 1. The van der Waals surface area contributed by atoms with E-state index in [1.54, 1.807) is 6.20 Å². The zero-order chi connectivity index (χ0) is 11.6. The summed E-state index contributed by atoms with van der Waals surface area (Å²) in [4.78, 5) is 8.31. The molecule has 0 aromatic carbocycles. The number of nitrogens with zero attached hydrogens (tertiary/aromatic N) is 2. The summed E-state index contributed by atoms with van der Waals surface area (Å²) in [5.41, 5.74) is 6.74. The lowest BCUT2D eigenvalue weighted by Crippen LogP contribution is -2.15. The molecule has 1 aromatic heterocycles. The molecule has 3 N–H and O–H groups in total. The van der Waals surface area contributed by atoms with Crippen molar-refractivity contribution in [2.45, 2.75) is 32.2 Å². The topological polar surface area (TPSA) is 63.8 Å². The van der Waals surface area contributed by atoms with Crippen molar-refractivity contribution in [3.63, 3.8) is 0 Å². The molecule has 0 aliphatic heterocycles. The van der Waals surface area contributed by atoms with Crippen LogP contribution in [0.4, 0.5) is 11.8 Å². The van der Waals surface area contributed by atoms with Gasteiger partial charge in [0.15, 0.2) is 0 Å². The second kappa shape index (κ2) is 3.12. The molecular weight excluding hydrogens is 212 g/mol. The Morgan fingerprint density at radius 1 is 1.29 bits per heavy atom. The SMILES string of the molecule is Cc1cnc(N)nc1NC1C2C3CCC(C3)C12. The highest BCUT2D eigenvalue weighted by atomic mass is 15.1. The summed E-state index contributed by atoms with van der Waals surface area (Å²) in [6, 6.07) is 0.661. The molecule has 4 nitrogen and oxygen atoms in total. The van der Waals surface area contributed by atoms with E-state index in [-0.39, 0.29) is 0 Å². The minimum Gasteiger partial charge on any atom is -0.368 e. The van der Waals surface area contributed by atoms with Crippen molar-refractivity contribution in [1.82, 2.24) is 9.97 Å². The third-order valence-corrected chi connectivity index (χ3v) is 5.03. The molecule has 0 saturated heterocycles. The van der Waals surface area contributed by atoms with Crippen molar-refractivity contribution in [3.8, 4) is 0 Å². The molecule has 17 heavy (non-hydrogen) atoms. The van der Waals surface area contributed by atoms with E-state index in [4.69, 9.17) is 5.73 Å². The van der Waals surface area contributed by atoms with Gasteiger partial charge in [-0.1, -0.05) is 0 Å². The van der Waals surface area contributed by atoms with Gasteiger partial charge in [-0.2, -0.15) is 4.98 Å². The molecule has 3 fully saturated rings. The molecule has 3 aliphatic carbocycles. The molecule has 4 unspecified atom stereocenters. The van der Waals surface area contributed by atoms with E-state index in [0.717, 1.165) is 35.1 Å². The fourth-order valence-electron chi connectivity index (χ4n) is 4.28. The number of nitrogens with two attached hydrogens (primary N) is 1. The lowest BCUT2D eigenvalue weighted by molar-refractivity contribution is 0.456. The van der Waals surface area contributed by atoms with Gasteiger partial charge in [0.1, 0.15) is 5.82 Å². The smallest absolute Gasteiger partial charge is 0.221 e. The summed E-state index contributed by atoms with van der Waals surface area (Å²) >= 11 is 0. The first kappa shape index (κ1) is 9.68. The van der Waals surface area contributed by atoms with Gasteiger partial charge in [0, 0.05) is 17.8 Å². The molecule has 4 heteroatoms. The van der Waals surface area contributed by atoms with E-state index < -0.39 is 0 Å². The molecule has 1 aromatic rings. The molecule has 1 heterocycles. The summed E-state index contributed by atoms with van der Waals surface area (Å²) in [5, 5.41) is 3.60. The Kier molecular flexibility index (Phi) is 1.78. The molecule has 90 valence electrons. The number of hydrogen-bond acceptors (Lipinski definition) is 4. The zero-order valence-corrected chi connectivity index (χ0v) is 10.1. The Balaban J connectivity index is 1.54. The van der Waals surface area contributed by atoms with E-state index >= 15 is 0 Å². The molecule has 4 atom stereocenters. The van der Waals surface area contributed by atoms with Crippen LogP contribution in [-0.4, -0.2) is 16.0 Å².